The highest BCUT2D eigenvalue weighted by Crippen LogP contribution is 2.34. The van der Waals surface area contributed by atoms with Gasteiger partial charge in [-0.1, -0.05) is 166 Å². The Morgan fingerprint density at radius 1 is 0.351 bits per heavy atom. The van der Waals surface area contributed by atoms with Crippen molar-refractivity contribution in [2.75, 3.05) is 0 Å². The van der Waals surface area contributed by atoms with Gasteiger partial charge in [0.25, 0.3) is 0 Å². The van der Waals surface area contributed by atoms with E-state index in [0.717, 1.165) is 58.7 Å². The highest BCUT2D eigenvalue weighted by molar-refractivity contribution is 6.10. The van der Waals surface area contributed by atoms with Crippen LogP contribution in [0, 0.1) is 6.92 Å². The van der Waals surface area contributed by atoms with E-state index in [9.17, 15) is 14.4 Å². The summed E-state index contributed by atoms with van der Waals surface area (Å²) < 4.78 is 6.53. The van der Waals surface area contributed by atoms with Gasteiger partial charge in [-0.2, -0.15) is 13.7 Å². The molecule has 0 saturated heterocycles. The molecule has 0 amide bonds. The van der Waals surface area contributed by atoms with Crippen molar-refractivity contribution < 1.29 is 28.1 Å². The van der Waals surface area contributed by atoms with Crippen molar-refractivity contribution in [1.29, 1.82) is 0 Å². The van der Waals surface area contributed by atoms with Crippen molar-refractivity contribution in [1.82, 2.24) is 0 Å². The van der Waals surface area contributed by atoms with Crippen LogP contribution >= 0.6 is 0 Å². The molecule has 6 heterocycles. The molecule has 0 radical (unpaired) electrons. The SMILES string of the molecule is CC(C)(C)c1ccc2c(c1)C[n+]1cc(C(=O)c3ccccc3)ccc1-2.Cc1ccc2c(c1)C[n+]1cc(C(=O)c3ccccc3)ccc1-2.O=C(c1ccccc1)c1ccc2[n+](c1)Cc1cc(-c3ccccc3)ccc1-2. The van der Waals surface area contributed by atoms with Crippen LogP contribution in [0.2, 0.25) is 0 Å². The Labute approximate surface area is 433 Å². The van der Waals surface area contributed by atoms with Crippen LogP contribution in [0.1, 0.15) is 96.4 Å². The van der Waals surface area contributed by atoms with E-state index < -0.39 is 0 Å². The van der Waals surface area contributed by atoms with Crippen LogP contribution in [0.25, 0.3) is 44.9 Å². The van der Waals surface area contributed by atoms with Gasteiger partial charge in [0, 0.05) is 51.6 Å². The first kappa shape index (κ1) is 47.3. The van der Waals surface area contributed by atoms with Crippen molar-refractivity contribution in [3.8, 4) is 44.9 Å². The number of rotatable bonds is 7. The van der Waals surface area contributed by atoms with Crippen LogP contribution in [0.15, 0.2) is 231 Å². The fourth-order valence-corrected chi connectivity index (χ4v) is 10.3. The third kappa shape index (κ3) is 9.58. The first-order valence-corrected chi connectivity index (χ1v) is 25.3. The van der Waals surface area contributed by atoms with Crippen molar-refractivity contribution in [2.45, 2.75) is 52.7 Å². The highest BCUT2D eigenvalue weighted by Gasteiger charge is 2.31. The van der Waals surface area contributed by atoms with Gasteiger partial charge in [0.05, 0.1) is 33.4 Å². The topological polar surface area (TPSA) is 62.9 Å². The van der Waals surface area contributed by atoms with Crippen LogP contribution in [0.4, 0.5) is 0 Å². The number of carbonyl (C=O) groups excluding carboxylic acids is 3. The van der Waals surface area contributed by atoms with Gasteiger partial charge in [0.2, 0.25) is 17.1 Å². The summed E-state index contributed by atoms with van der Waals surface area (Å²) in [4.78, 5) is 38.0. The zero-order chi connectivity index (χ0) is 50.9. The molecule has 0 bridgehead atoms. The summed E-state index contributed by atoms with van der Waals surface area (Å²) in [5.41, 5.74) is 20.8. The second kappa shape index (κ2) is 19.9. The van der Waals surface area contributed by atoms with Gasteiger partial charge in [0.15, 0.2) is 55.6 Å². The standard InChI is InChI=1S/C25H18NO.C23H22NO.C20H16NO/c27-25(19-9-5-2-6-10-19)21-12-14-24-23-13-11-20(18-7-3-1-4-8-18)15-22(23)17-26(24)16-21;1-23(2,3)19-10-11-20-18(13-19)15-24-14-17(9-12-21(20)24)22(25)16-7-5-4-6-8-16;1-14-7-9-18-17(11-14)13-21-12-16(8-10-19(18)21)20(22)15-5-3-2-4-6-15/h1-16H,17H2;4-14H,15H2,1-3H3;2-12H,13H2,1H3/q3*+1. The molecule has 6 nitrogen and oxygen atoms in total. The van der Waals surface area contributed by atoms with Gasteiger partial charge in [-0.05, 0) is 83.6 Å². The molecule has 0 N–H and O–H groups in total. The maximum absolute atomic E-state index is 12.7. The van der Waals surface area contributed by atoms with Crippen LogP contribution in [-0.2, 0) is 25.0 Å². The average Bonchev–Trinajstić information content (AvgIpc) is 4.13. The fraction of sp³-hybridized carbons (Fsp3) is 0.118. The van der Waals surface area contributed by atoms with Gasteiger partial charge in [-0.3, -0.25) is 14.4 Å². The number of fused-ring (bicyclic) bond motifs is 9. The van der Waals surface area contributed by atoms with Crippen molar-refractivity contribution >= 4 is 17.3 Å². The number of aryl methyl sites for hydroxylation is 1. The number of carbonyl (C=O) groups is 3. The molecule has 0 atom stereocenters. The smallest absolute Gasteiger partial charge is 0.213 e. The number of aromatic nitrogens is 3. The fourth-order valence-electron chi connectivity index (χ4n) is 10.3. The quantitative estimate of drug-likeness (QED) is 0.118. The lowest BCUT2D eigenvalue weighted by Crippen LogP contribution is -2.33. The summed E-state index contributed by atoms with van der Waals surface area (Å²) in [5, 5.41) is 0. The van der Waals surface area contributed by atoms with E-state index in [4.69, 9.17) is 0 Å². The molecular formula is C68H56N3O3+3. The van der Waals surface area contributed by atoms with E-state index in [1.54, 1.807) is 0 Å². The number of ketones is 3. The minimum absolute atomic E-state index is 0.0619. The molecule has 6 heteroatoms. The molecule has 3 aliphatic heterocycles. The summed E-state index contributed by atoms with van der Waals surface area (Å²) in [6.45, 7) is 11.3. The second-order valence-electron chi connectivity index (χ2n) is 20.4. The molecule has 358 valence electrons. The predicted octanol–water partition coefficient (Wildman–Crippen LogP) is 13.0. The summed E-state index contributed by atoms with van der Waals surface area (Å²) in [5.74, 6) is 0.206. The molecule has 0 aliphatic carbocycles. The van der Waals surface area contributed by atoms with E-state index in [0.29, 0.717) is 0 Å². The van der Waals surface area contributed by atoms with E-state index in [-0.39, 0.29) is 22.8 Å². The maximum atomic E-state index is 12.7. The summed E-state index contributed by atoms with van der Waals surface area (Å²) in [7, 11) is 0. The minimum atomic E-state index is 0.0619. The molecular weight excluding hydrogens is 907 g/mol. The van der Waals surface area contributed by atoms with E-state index in [1.165, 1.54) is 67.0 Å². The molecule has 74 heavy (non-hydrogen) atoms. The molecule has 10 aromatic rings. The third-order valence-electron chi connectivity index (χ3n) is 14.3. The number of pyridine rings is 3. The molecule has 3 aromatic heterocycles. The Morgan fingerprint density at radius 3 is 1.14 bits per heavy atom. The summed E-state index contributed by atoms with van der Waals surface area (Å²) >= 11 is 0. The zero-order valence-corrected chi connectivity index (χ0v) is 42.1. The zero-order valence-electron chi connectivity index (χ0n) is 42.1. The van der Waals surface area contributed by atoms with Crippen molar-refractivity contribution in [2.24, 2.45) is 0 Å². The van der Waals surface area contributed by atoms with Gasteiger partial charge >= 0.3 is 0 Å². The van der Waals surface area contributed by atoms with E-state index in [1.807, 2.05) is 134 Å². The first-order valence-electron chi connectivity index (χ1n) is 25.3. The van der Waals surface area contributed by atoms with Crippen LogP contribution in [-0.4, -0.2) is 17.3 Å². The van der Waals surface area contributed by atoms with Gasteiger partial charge in [0.1, 0.15) is 0 Å². The Kier molecular flexibility index (Phi) is 12.7. The number of nitrogens with zero attached hydrogens (tertiary/aromatic N) is 3. The van der Waals surface area contributed by atoms with Crippen LogP contribution < -0.4 is 13.7 Å². The second-order valence-corrected chi connectivity index (χ2v) is 20.4. The highest BCUT2D eigenvalue weighted by atomic mass is 16.1. The minimum Gasteiger partial charge on any atom is -0.288 e. The van der Waals surface area contributed by atoms with E-state index >= 15 is 0 Å². The lowest BCUT2D eigenvalue weighted by molar-refractivity contribution is -0.672. The molecule has 7 aromatic carbocycles. The van der Waals surface area contributed by atoms with Crippen LogP contribution in [0.5, 0.6) is 0 Å². The number of hydrogen-bond donors (Lipinski definition) is 0. The molecule has 0 unspecified atom stereocenters. The molecule has 0 saturated carbocycles. The Morgan fingerprint density at radius 2 is 0.716 bits per heavy atom. The lowest BCUT2D eigenvalue weighted by Gasteiger charge is -2.19. The predicted molar refractivity (Wildman–Crippen MR) is 292 cm³/mol. The number of benzene rings is 7. The Hall–Kier alpha value is -9.00. The lowest BCUT2D eigenvalue weighted by atomic mass is 9.85. The van der Waals surface area contributed by atoms with Crippen molar-refractivity contribution in [3.05, 3.63) is 292 Å². The van der Waals surface area contributed by atoms with E-state index in [2.05, 4.69) is 138 Å². The van der Waals surface area contributed by atoms with Crippen molar-refractivity contribution in [3.63, 3.8) is 0 Å². The van der Waals surface area contributed by atoms with Gasteiger partial charge in [-0.15, -0.1) is 0 Å². The Bertz CT molecular complexity index is 3790. The average molecular weight is 963 g/mol. The molecule has 0 fully saturated rings. The van der Waals surface area contributed by atoms with Crippen LogP contribution in [0.3, 0.4) is 0 Å². The first-order chi connectivity index (χ1) is 35.9. The Balaban J connectivity index is 0.000000120. The largest absolute Gasteiger partial charge is 0.288 e. The summed E-state index contributed by atoms with van der Waals surface area (Å²) in [6.07, 6.45) is 5.94. The van der Waals surface area contributed by atoms with Gasteiger partial charge in [-0.25, -0.2) is 0 Å². The third-order valence-corrected chi connectivity index (χ3v) is 14.3. The molecule has 0 spiro atoms. The molecule has 3 aliphatic rings. The number of hydrogen-bond acceptors (Lipinski definition) is 3. The maximum Gasteiger partial charge on any atom is 0.213 e. The summed E-state index contributed by atoms with van der Waals surface area (Å²) in [6, 6.07) is 70.6. The van der Waals surface area contributed by atoms with Gasteiger partial charge < -0.3 is 0 Å². The monoisotopic (exact) mass is 962 g/mol. The molecule has 13 rings (SSSR count). The normalized spacial score (nSPS) is 12.1.